The number of nitrogens with one attached hydrogen (secondary N) is 2. The molecule has 1 amide bonds. The molecule has 0 saturated carbocycles. The Labute approximate surface area is 155 Å². The first-order valence-electron chi connectivity index (χ1n) is 9.07. The van der Waals surface area contributed by atoms with E-state index in [1.54, 1.807) is 12.4 Å². The number of piperazine rings is 1. The second kappa shape index (κ2) is 8.78. The second-order valence-corrected chi connectivity index (χ2v) is 6.75. The van der Waals surface area contributed by atoms with Gasteiger partial charge in [-0.15, -0.1) is 0 Å². The fourth-order valence-electron chi connectivity index (χ4n) is 3.04. The number of carbonyl (C=O) groups excluding carboxylic acids is 1. The number of amides is 1. The smallest absolute Gasteiger partial charge is 0.252 e. The van der Waals surface area contributed by atoms with Crippen molar-refractivity contribution in [1.29, 1.82) is 0 Å². The fourth-order valence-corrected chi connectivity index (χ4v) is 3.04. The van der Waals surface area contributed by atoms with Crippen LogP contribution >= 0.6 is 0 Å². The number of hydrogen-bond acceptors (Lipinski definition) is 5. The summed E-state index contributed by atoms with van der Waals surface area (Å²) in [6, 6.07) is 10.1. The third-order valence-corrected chi connectivity index (χ3v) is 4.64. The lowest BCUT2D eigenvalue weighted by atomic mass is 10.1. The van der Waals surface area contributed by atoms with E-state index in [4.69, 9.17) is 0 Å². The summed E-state index contributed by atoms with van der Waals surface area (Å²) in [4.78, 5) is 21.1. The van der Waals surface area contributed by atoms with Crippen molar-refractivity contribution >= 4 is 11.6 Å². The summed E-state index contributed by atoms with van der Waals surface area (Å²) >= 11 is 0. The average molecular weight is 353 g/mol. The van der Waals surface area contributed by atoms with Gasteiger partial charge in [-0.25, -0.2) is 0 Å². The van der Waals surface area contributed by atoms with Crippen molar-refractivity contribution in [3.63, 3.8) is 0 Å². The Morgan fingerprint density at radius 3 is 2.58 bits per heavy atom. The quantitative estimate of drug-likeness (QED) is 0.823. The summed E-state index contributed by atoms with van der Waals surface area (Å²) in [5.41, 5.74) is 3.74. The van der Waals surface area contributed by atoms with Crippen LogP contribution in [0.1, 0.15) is 10.4 Å². The minimum Gasteiger partial charge on any atom is -0.378 e. The number of carbonyl (C=O) groups is 1. The highest BCUT2D eigenvalue weighted by molar-refractivity contribution is 5.95. The van der Waals surface area contributed by atoms with Gasteiger partial charge in [-0.2, -0.15) is 0 Å². The van der Waals surface area contributed by atoms with Crippen molar-refractivity contribution in [3.8, 4) is 11.1 Å². The zero-order valence-electron chi connectivity index (χ0n) is 15.5. The molecule has 26 heavy (non-hydrogen) atoms. The Kier molecular flexibility index (Phi) is 6.20. The van der Waals surface area contributed by atoms with Crippen molar-refractivity contribution in [3.05, 3.63) is 48.3 Å². The van der Waals surface area contributed by atoms with Crippen LogP contribution in [0.3, 0.4) is 0 Å². The van der Waals surface area contributed by atoms with Crippen LogP contribution in [0, 0.1) is 0 Å². The van der Waals surface area contributed by atoms with Crippen molar-refractivity contribution in [2.45, 2.75) is 0 Å². The molecule has 1 saturated heterocycles. The van der Waals surface area contributed by atoms with Gasteiger partial charge in [0.15, 0.2) is 0 Å². The van der Waals surface area contributed by atoms with Crippen molar-refractivity contribution in [2.24, 2.45) is 0 Å². The van der Waals surface area contributed by atoms with E-state index in [-0.39, 0.29) is 5.91 Å². The van der Waals surface area contributed by atoms with Crippen LogP contribution in [-0.2, 0) is 0 Å². The molecule has 138 valence electrons. The maximum Gasteiger partial charge on any atom is 0.252 e. The third kappa shape index (κ3) is 4.80. The Bertz CT molecular complexity index is 723. The summed E-state index contributed by atoms with van der Waals surface area (Å²) in [7, 11) is 4.03. The van der Waals surface area contributed by atoms with Crippen LogP contribution in [0.4, 0.5) is 5.69 Å². The van der Waals surface area contributed by atoms with Gasteiger partial charge in [-0.3, -0.25) is 14.7 Å². The van der Waals surface area contributed by atoms with E-state index in [1.165, 1.54) is 0 Å². The van der Waals surface area contributed by atoms with E-state index in [1.807, 2.05) is 20.2 Å². The standard InChI is InChI=1S/C20H27N5O/c1-24(2)19-5-3-16(4-6-19)17-13-18(15-22-14-17)20(26)23-9-12-25-10-7-21-8-11-25/h3-6,13-15,21H,7-12H2,1-2H3,(H,23,26). The maximum atomic E-state index is 12.4. The van der Waals surface area contributed by atoms with E-state index in [0.717, 1.165) is 49.5 Å². The Balaban J connectivity index is 1.59. The lowest BCUT2D eigenvalue weighted by Gasteiger charge is -2.27. The summed E-state index contributed by atoms with van der Waals surface area (Å²) < 4.78 is 0. The Hall–Kier alpha value is -2.44. The summed E-state index contributed by atoms with van der Waals surface area (Å²) in [6.07, 6.45) is 3.42. The monoisotopic (exact) mass is 353 g/mol. The Morgan fingerprint density at radius 2 is 1.88 bits per heavy atom. The summed E-state index contributed by atoms with van der Waals surface area (Å²) in [6.45, 7) is 5.65. The first-order valence-corrected chi connectivity index (χ1v) is 9.07. The number of nitrogens with zero attached hydrogens (tertiary/aromatic N) is 3. The first-order chi connectivity index (χ1) is 12.6. The maximum absolute atomic E-state index is 12.4. The second-order valence-electron chi connectivity index (χ2n) is 6.75. The molecule has 1 aliphatic heterocycles. The molecule has 0 aliphatic carbocycles. The number of benzene rings is 1. The van der Waals surface area contributed by atoms with Gasteiger partial charge in [-0.1, -0.05) is 12.1 Å². The van der Waals surface area contributed by atoms with E-state index in [0.29, 0.717) is 12.1 Å². The summed E-state index contributed by atoms with van der Waals surface area (Å²) in [5.74, 6) is -0.0700. The van der Waals surface area contributed by atoms with Gasteiger partial charge in [0, 0.05) is 77.0 Å². The zero-order chi connectivity index (χ0) is 18.4. The van der Waals surface area contributed by atoms with Crippen LogP contribution in [-0.4, -0.2) is 69.2 Å². The topological polar surface area (TPSA) is 60.5 Å². The molecule has 2 N–H and O–H groups in total. The van der Waals surface area contributed by atoms with Gasteiger partial charge in [-0.05, 0) is 23.8 Å². The van der Waals surface area contributed by atoms with Crippen LogP contribution in [0.2, 0.25) is 0 Å². The number of pyridine rings is 1. The average Bonchev–Trinajstić information content (AvgIpc) is 2.69. The molecule has 1 fully saturated rings. The minimum absolute atomic E-state index is 0.0700. The number of anilines is 1. The third-order valence-electron chi connectivity index (χ3n) is 4.64. The molecule has 0 radical (unpaired) electrons. The molecule has 0 atom stereocenters. The number of hydrogen-bond donors (Lipinski definition) is 2. The van der Waals surface area contributed by atoms with Gasteiger partial charge in [0.2, 0.25) is 0 Å². The highest BCUT2D eigenvalue weighted by Crippen LogP contribution is 2.22. The van der Waals surface area contributed by atoms with Gasteiger partial charge in [0.25, 0.3) is 5.91 Å². The SMILES string of the molecule is CN(C)c1ccc(-c2cncc(C(=O)NCCN3CCNCC3)c2)cc1. The predicted molar refractivity (Wildman–Crippen MR) is 106 cm³/mol. The Morgan fingerprint density at radius 1 is 1.15 bits per heavy atom. The van der Waals surface area contributed by atoms with E-state index < -0.39 is 0 Å². The van der Waals surface area contributed by atoms with Gasteiger partial charge in [0.05, 0.1) is 5.56 Å². The lowest BCUT2D eigenvalue weighted by Crippen LogP contribution is -2.46. The molecule has 6 nitrogen and oxygen atoms in total. The van der Waals surface area contributed by atoms with E-state index in [9.17, 15) is 4.79 Å². The molecular formula is C20H27N5O. The molecular weight excluding hydrogens is 326 g/mol. The molecule has 1 aliphatic rings. The molecule has 2 aromatic rings. The molecule has 0 spiro atoms. The number of aromatic nitrogens is 1. The van der Waals surface area contributed by atoms with Crippen molar-refractivity contribution < 1.29 is 4.79 Å². The van der Waals surface area contributed by atoms with Crippen LogP contribution in [0.15, 0.2) is 42.7 Å². The zero-order valence-corrected chi connectivity index (χ0v) is 15.5. The van der Waals surface area contributed by atoms with Gasteiger partial charge in [0.1, 0.15) is 0 Å². The van der Waals surface area contributed by atoms with Gasteiger partial charge >= 0.3 is 0 Å². The fraction of sp³-hybridized carbons (Fsp3) is 0.400. The highest BCUT2D eigenvalue weighted by atomic mass is 16.1. The molecule has 1 aromatic carbocycles. The molecule has 0 unspecified atom stereocenters. The van der Waals surface area contributed by atoms with Gasteiger partial charge < -0.3 is 15.5 Å². The first kappa shape index (κ1) is 18.4. The van der Waals surface area contributed by atoms with Crippen LogP contribution in [0.5, 0.6) is 0 Å². The van der Waals surface area contributed by atoms with Crippen molar-refractivity contribution in [1.82, 2.24) is 20.5 Å². The highest BCUT2D eigenvalue weighted by Gasteiger charge is 2.11. The molecule has 6 heteroatoms. The van der Waals surface area contributed by atoms with E-state index >= 15 is 0 Å². The van der Waals surface area contributed by atoms with Crippen LogP contribution < -0.4 is 15.5 Å². The van der Waals surface area contributed by atoms with Crippen LogP contribution in [0.25, 0.3) is 11.1 Å². The number of rotatable bonds is 6. The normalized spacial score (nSPS) is 14.8. The largest absolute Gasteiger partial charge is 0.378 e. The van der Waals surface area contributed by atoms with E-state index in [2.05, 4.69) is 49.7 Å². The molecule has 0 bridgehead atoms. The lowest BCUT2D eigenvalue weighted by molar-refractivity contribution is 0.0947. The molecule has 1 aromatic heterocycles. The molecule has 3 rings (SSSR count). The van der Waals surface area contributed by atoms with Crippen molar-refractivity contribution in [2.75, 3.05) is 58.3 Å². The predicted octanol–water partition coefficient (Wildman–Crippen LogP) is 1.45. The molecule has 2 heterocycles. The summed E-state index contributed by atoms with van der Waals surface area (Å²) in [5, 5.41) is 6.33. The minimum atomic E-state index is -0.0700.